The normalized spacial score (nSPS) is 19.7. The highest BCUT2D eigenvalue weighted by Gasteiger charge is 2.47. The Balaban J connectivity index is 1.58. The zero-order chi connectivity index (χ0) is 18.2. The van der Waals surface area contributed by atoms with Gasteiger partial charge in [0.05, 0.1) is 5.56 Å². The third-order valence-corrected chi connectivity index (χ3v) is 4.78. The Kier molecular flexibility index (Phi) is 4.68. The van der Waals surface area contributed by atoms with Gasteiger partial charge in [-0.3, -0.25) is 9.89 Å². The van der Waals surface area contributed by atoms with Gasteiger partial charge in [0, 0.05) is 25.9 Å². The Morgan fingerprint density at radius 1 is 1.44 bits per heavy atom. The van der Waals surface area contributed by atoms with Gasteiger partial charge < -0.3 is 9.88 Å². The molecule has 3 rings (SSSR count). The van der Waals surface area contributed by atoms with Gasteiger partial charge in [0.15, 0.2) is 4.77 Å². The summed E-state index contributed by atoms with van der Waals surface area (Å²) in [6, 6.07) is 5.45. The molecule has 0 unspecified atom stereocenters. The first-order valence-electron chi connectivity index (χ1n) is 7.83. The molecule has 25 heavy (non-hydrogen) atoms. The van der Waals surface area contributed by atoms with Crippen LogP contribution < -0.4 is 5.32 Å². The number of nitrogens with zero attached hydrogens (tertiary/aromatic N) is 2. The minimum Gasteiger partial charge on any atom is -0.355 e. The summed E-state index contributed by atoms with van der Waals surface area (Å²) < 4.78 is 41.4. The standard InChI is InChI=1S/C16H17F3N4OS/c1-23-13(21-22-15(23)25)6-7-20-14(24)11-8-10(11)9-4-2-3-5-12(9)16(17,18)19/h2-5,10-11H,6-8H2,1H3,(H,20,24)(H,22,25)/t10-,11-/m0/s1. The van der Waals surface area contributed by atoms with Crippen LogP contribution in [0, 0.1) is 10.7 Å². The van der Waals surface area contributed by atoms with Gasteiger partial charge in [-0.1, -0.05) is 18.2 Å². The van der Waals surface area contributed by atoms with Gasteiger partial charge in [-0.2, -0.15) is 18.3 Å². The highest BCUT2D eigenvalue weighted by molar-refractivity contribution is 7.71. The first-order chi connectivity index (χ1) is 11.8. The maximum Gasteiger partial charge on any atom is 0.416 e. The molecular formula is C16H17F3N4OS. The maximum atomic E-state index is 13.1. The fourth-order valence-corrected chi connectivity index (χ4v) is 3.09. The van der Waals surface area contributed by atoms with Crippen molar-refractivity contribution in [1.82, 2.24) is 20.1 Å². The Labute approximate surface area is 147 Å². The Morgan fingerprint density at radius 2 is 2.16 bits per heavy atom. The van der Waals surface area contributed by atoms with Crippen LogP contribution in [-0.2, 0) is 24.4 Å². The van der Waals surface area contributed by atoms with Gasteiger partial charge in [0.2, 0.25) is 5.91 Å². The molecule has 2 aromatic rings. The number of rotatable bonds is 5. The van der Waals surface area contributed by atoms with Crippen LogP contribution in [0.1, 0.15) is 29.3 Å². The van der Waals surface area contributed by atoms with Gasteiger partial charge in [-0.05, 0) is 36.2 Å². The number of H-pyrrole nitrogens is 1. The second-order valence-electron chi connectivity index (χ2n) is 6.08. The molecule has 1 aliphatic rings. The van der Waals surface area contributed by atoms with E-state index in [0.29, 0.717) is 30.0 Å². The third kappa shape index (κ3) is 3.76. The maximum absolute atomic E-state index is 13.1. The highest BCUT2D eigenvalue weighted by atomic mass is 32.1. The summed E-state index contributed by atoms with van der Waals surface area (Å²) in [6.07, 6.45) is -3.48. The van der Waals surface area contributed by atoms with Crippen LogP contribution in [0.4, 0.5) is 13.2 Å². The first-order valence-corrected chi connectivity index (χ1v) is 8.24. The quantitative estimate of drug-likeness (QED) is 0.796. The number of carbonyl (C=O) groups excluding carboxylic acids is 1. The molecule has 5 nitrogen and oxygen atoms in total. The molecule has 1 aromatic carbocycles. The molecule has 0 spiro atoms. The summed E-state index contributed by atoms with van der Waals surface area (Å²) >= 11 is 5.01. The van der Waals surface area contributed by atoms with Crippen molar-refractivity contribution in [2.24, 2.45) is 13.0 Å². The molecule has 134 valence electrons. The van der Waals surface area contributed by atoms with Crippen molar-refractivity contribution in [3.8, 4) is 0 Å². The molecule has 0 aliphatic heterocycles. The van der Waals surface area contributed by atoms with Gasteiger partial charge in [-0.25, -0.2) is 0 Å². The van der Waals surface area contributed by atoms with E-state index in [2.05, 4.69) is 15.5 Å². The molecular weight excluding hydrogens is 353 g/mol. The number of aromatic amines is 1. The Morgan fingerprint density at radius 3 is 2.80 bits per heavy atom. The van der Waals surface area contributed by atoms with E-state index < -0.39 is 17.7 Å². The number of aromatic nitrogens is 3. The van der Waals surface area contributed by atoms with E-state index in [4.69, 9.17) is 12.2 Å². The summed E-state index contributed by atoms with van der Waals surface area (Å²) in [4.78, 5) is 12.2. The highest BCUT2D eigenvalue weighted by Crippen LogP contribution is 2.50. The molecule has 2 atom stereocenters. The van der Waals surface area contributed by atoms with E-state index in [0.717, 1.165) is 6.07 Å². The van der Waals surface area contributed by atoms with E-state index in [1.54, 1.807) is 17.7 Å². The average Bonchev–Trinajstić information content (AvgIpc) is 3.30. The predicted octanol–water partition coefficient (Wildman–Crippen LogP) is 2.96. The SMILES string of the molecule is Cn1c(CCNC(=O)[C@H]2C[C@H]2c2ccccc2C(F)(F)F)n[nH]c1=S. The fourth-order valence-electron chi connectivity index (χ4n) is 2.94. The molecule has 1 heterocycles. The van der Waals surface area contributed by atoms with Gasteiger partial charge in [0.1, 0.15) is 5.82 Å². The second-order valence-corrected chi connectivity index (χ2v) is 6.47. The van der Waals surface area contributed by atoms with Crippen molar-refractivity contribution < 1.29 is 18.0 Å². The summed E-state index contributed by atoms with van der Waals surface area (Å²) in [5.41, 5.74) is -0.457. The molecule has 0 bridgehead atoms. The largest absolute Gasteiger partial charge is 0.416 e. The molecule has 1 saturated carbocycles. The van der Waals surface area contributed by atoms with E-state index in [-0.39, 0.29) is 17.4 Å². The van der Waals surface area contributed by atoms with Crippen molar-refractivity contribution in [2.75, 3.05) is 6.54 Å². The second kappa shape index (κ2) is 6.62. The van der Waals surface area contributed by atoms with E-state index >= 15 is 0 Å². The van der Waals surface area contributed by atoms with Crippen molar-refractivity contribution in [2.45, 2.75) is 24.9 Å². The van der Waals surface area contributed by atoms with Crippen LogP contribution in [-0.4, -0.2) is 27.2 Å². The lowest BCUT2D eigenvalue weighted by atomic mass is 10.0. The lowest BCUT2D eigenvalue weighted by molar-refractivity contribution is -0.138. The minimum absolute atomic E-state index is 0.199. The monoisotopic (exact) mass is 370 g/mol. The Bertz CT molecular complexity index is 842. The van der Waals surface area contributed by atoms with Crippen LogP contribution in [0.2, 0.25) is 0 Å². The van der Waals surface area contributed by atoms with Gasteiger partial charge in [-0.15, -0.1) is 0 Å². The van der Waals surface area contributed by atoms with Crippen molar-refractivity contribution in [3.63, 3.8) is 0 Å². The summed E-state index contributed by atoms with van der Waals surface area (Å²) in [5.74, 6) is -0.302. The number of hydrogen-bond acceptors (Lipinski definition) is 3. The molecule has 9 heteroatoms. The van der Waals surface area contributed by atoms with E-state index in [1.807, 2.05) is 0 Å². The minimum atomic E-state index is -4.41. The van der Waals surface area contributed by atoms with E-state index in [1.165, 1.54) is 12.1 Å². The third-order valence-electron chi connectivity index (χ3n) is 4.41. The average molecular weight is 370 g/mol. The van der Waals surface area contributed by atoms with Crippen LogP contribution in [0.15, 0.2) is 24.3 Å². The summed E-state index contributed by atoms with van der Waals surface area (Å²) in [7, 11) is 1.77. The van der Waals surface area contributed by atoms with Gasteiger partial charge >= 0.3 is 6.18 Å². The van der Waals surface area contributed by atoms with Crippen LogP contribution in [0.25, 0.3) is 0 Å². The number of nitrogens with one attached hydrogen (secondary N) is 2. The Hall–Kier alpha value is -2.16. The van der Waals surface area contributed by atoms with Crippen LogP contribution >= 0.6 is 12.2 Å². The first kappa shape index (κ1) is 17.7. The zero-order valence-electron chi connectivity index (χ0n) is 13.4. The molecule has 1 aromatic heterocycles. The molecule has 0 saturated heterocycles. The zero-order valence-corrected chi connectivity index (χ0v) is 14.2. The number of alkyl halides is 3. The smallest absolute Gasteiger partial charge is 0.355 e. The molecule has 0 radical (unpaired) electrons. The van der Waals surface area contributed by atoms with Crippen LogP contribution in [0.5, 0.6) is 0 Å². The number of carbonyl (C=O) groups is 1. The lowest BCUT2D eigenvalue weighted by Crippen LogP contribution is -2.28. The predicted molar refractivity (Wildman–Crippen MR) is 87.4 cm³/mol. The number of amides is 1. The summed E-state index contributed by atoms with van der Waals surface area (Å²) in [5, 5.41) is 9.46. The molecule has 1 fully saturated rings. The molecule has 1 aliphatic carbocycles. The fraction of sp³-hybridized carbons (Fsp3) is 0.438. The van der Waals surface area contributed by atoms with E-state index in [9.17, 15) is 18.0 Å². The lowest BCUT2D eigenvalue weighted by Gasteiger charge is -2.12. The van der Waals surface area contributed by atoms with Crippen molar-refractivity contribution >= 4 is 18.1 Å². The van der Waals surface area contributed by atoms with Crippen molar-refractivity contribution in [3.05, 3.63) is 46.0 Å². The topological polar surface area (TPSA) is 62.7 Å². The van der Waals surface area contributed by atoms with Crippen molar-refractivity contribution in [1.29, 1.82) is 0 Å². The summed E-state index contributed by atoms with van der Waals surface area (Å²) in [6.45, 7) is 0.358. The molecule has 2 N–H and O–H groups in total. The number of hydrogen-bond donors (Lipinski definition) is 2. The molecule has 1 amide bonds. The van der Waals surface area contributed by atoms with Crippen LogP contribution in [0.3, 0.4) is 0 Å². The number of benzene rings is 1. The van der Waals surface area contributed by atoms with Gasteiger partial charge in [0.25, 0.3) is 0 Å². The number of halogens is 3.